The molecule has 7 rings (SSSR count). The van der Waals surface area contributed by atoms with Crippen LogP contribution in [-0.4, -0.2) is 19.3 Å². The fraction of sp³-hybridized carbons (Fsp3) is 0.158. The minimum Gasteiger partial charge on any atom is -0.509 e. The van der Waals surface area contributed by atoms with Crippen molar-refractivity contribution < 1.29 is 25.2 Å². The third kappa shape index (κ3) is 5.26. The first kappa shape index (κ1) is 29.6. The van der Waals surface area contributed by atoms with Gasteiger partial charge in [0, 0.05) is 34.2 Å². The zero-order valence-corrected chi connectivity index (χ0v) is 26.9. The van der Waals surface area contributed by atoms with E-state index in [0.29, 0.717) is 11.5 Å². The normalized spacial score (nSPS) is 11.6. The first-order chi connectivity index (χ1) is 20.8. The molecule has 3 aromatic heterocycles. The van der Waals surface area contributed by atoms with Crippen LogP contribution in [0.1, 0.15) is 37.7 Å². The number of benzene rings is 4. The molecule has 3 heterocycles. The summed E-state index contributed by atoms with van der Waals surface area (Å²) >= 11 is 0. The zero-order chi connectivity index (χ0) is 29.7. The van der Waals surface area contributed by atoms with E-state index < -0.39 is 0 Å². The van der Waals surface area contributed by atoms with Crippen LogP contribution in [0.3, 0.4) is 0 Å². The van der Waals surface area contributed by atoms with Crippen molar-refractivity contribution in [3.63, 3.8) is 0 Å². The van der Waals surface area contributed by atoms with Crippen molar-refractivity contribution in [3.8, 4) is 34.1 Å². The Balaban J connectivity index is 0.00000343. The molecule has 0 atom stereocenters. The maximum absolute atomic E-state index is 6.42. The van der Waals surface area contributed by atoms with Gasteiger partial charge in [-0.3, -0.25) is 4.68 Å². The molecule has 0 aliphatic carbocycles. The standard InChI is InChI=1S/C38H32N4O.Pd/c1-25-20-21-39-35(22-25)41-33-17-10-9-16-31(33)32-19-18-30(24-34(32)41)43-29-15-11-14-28(23-29)42-37(38(3,4)5)36(26(2)40-42)27-12-7-6-8-13-27;/h6-22H,1-5H3;/q-2;+2. The second kappa shape index (κ2) is 11.5. The van der Waals surface area contributed by atoms with Gasteiger partial charge in [0.05, 0.1) is 11.4 Å². The molecule has 0 saturated carbocycles. The van der Waals surface area contributed by atoms with Crippen LogP contribution >= 0.6 is 0 Å². The summed E-state index contributed by atoms with van der Waals surface area (Å²) in [6.07, 6.45) is 1.85. The van der Waals surface area contributed by atoms with Gasteiger partial charge < -0.3 is 9.30 Å². The molecule has 44 heavy (non-hydrogen) atoms. The monoisotopic (exact) mass is 666 g/mol. The van der Waals surface area contributed by atoms with E-state index >= 15 is 0 Å². The summed E-state index contributed by atoms with van der Waals surface area (Å²) in [5.74, 6) is 2.06. The fourth-order valence-electron chi connectivity index (χ4n) is 5.90. The number of fused-ring (bicyclic) bond motifs is 3. The van der Waals surface area contributed by atoms with E-state index in [-0.39, 0.29) is 25.8 Å². The van der Waals surface area contributed by atoms with Crippen molar-refractivity contribution in [2.45, 2.75) is 40.0 Å². The number of hydrogen-bond donors (Lipinski definition) is 0. The van der Waals surface area contributed by atoms with E-state index in [9.17, 15) is 0 Å². The molecule has 0 aliphatic rings. The summed E-state index contributed by atoms with van der Waals surface area (Å²) in [6, 6.07) is 40.0. The smallest absolute Gasteiger partial charge is 0.509 e. The predicted octanol–water partition coefficient (Wildman–Crippen LogP) is 9.34. The fourth-order valence-corrected chi connectivity index (χ4v) is 5.90. The number of para-hydroxylation sites is 1. The Bertz CT molecular complexity index is 2120. The number of nitrogens with zero attached hydrogens (tertiary/aromatic N) is 4. The number of ether oxygens (including phenoxy) is 1. The van der Waals surface area contributed by atoms with Crippen LogP contribution in [0, 0.1) is 26.0 Å². The van der Waals surface area contributed by atoms with Crippen LogP contribution in [0.5, 0.6) is 11.5 Å². The van der Waals surface area contributed by atoms with Gasteiger partial charge in [0.2, 0.25) is 0 Å². The predicted molar refractivity (Wildman–Crippen MR) is 173 cm³/mol. The van der Waals surface area contributed by atoms with Crippen LogP contribution in [0.4, 0.5) is 0 Å². The van der Waals surface area contributed by atoms with Gasteiger partial charge in [-0.15, -0.1) is 35.7 Å². The minimum atomic E-state index is -0.160. The third-order valence-corrected chi connectivity index (χ3v) is 7.72. The second-order valence-electron chi connectivity index (χ2n) is 12.0. The Morgan fingerprint density at radius 2 is 1.50 bits per heavy atom. The van der Waals surface area contributed by atoms with Gasteiger partial charge in [0.15, 0.2) is 0 Å². The molecule has 7 aromatic rings. The molecule has 220 valence electrons. The van der Waals surface area contributed by atoms with Crippen molar-refractivity contribution >= 4 is 21.8 Å². The van der Waals surface area contributed by atoms with E-state index in [4.69, 9.17) is 9.84 Å². The molecule has 5 nitrogen and oxygen atoms in total. The molecule has 0 amide bonds. The van der Waals surface area contributed by atoms with Crippen molar-refractivity contribution in [1.29, 1.82) is 0 Å². The van der Waals surface area contributed by atoms with Gasteiger partial charge in [-0.25, -0.2) is 4.98 Å². The van der Waals surface area contributed by atoms with E-state index in [1.54, 1.807) is 0 Å². The van der Waals surface area contributed by atoms with Crippen LogP contribution in [-0.2, 0) is 25.8 Å². The van der Waals surface area contributed by atoms with Gasteiger partial charge in [-0.2, -0.15) is 17.2 Å². The maximum Gasteiger partial charge on any atom is 2.00 e. The molecule has 0 N–H and O–H groups in total. The Morgan fingerprint density at radius 1 is 0.750 bits per heavy atom. The Labute approximate surface area is 271 Å². The molecular weight excluding hydrogens is 635 g/mol. The molecule has 0 unspecified atom stereocenters. The largest absolute Gasteiger partial charge is 2.00 e. The Morgan fingerprint density at radius 3 is 2.27 bits per heavy atom. The van der Waals surface area contributed by atoms with Crippen molar-refractivity contribution in [2.75, 3.05) is 0 Å². The third-order valence-electron chi connectivity index (χ3n) is 7.72. The van der Waals surface area contributed by atoms with E-state index in [1.165, 1.54) is 0 Å². The number of rotatable bonds is 5. The van der Waals surface area contributed by atoms with E-state index in [2.05, 4.69) is 117 Å². The number of hydrogen-bond acceptors (Lipinski definition) is 3. The van der Waals surface area contributed by atoms with Gasteiger partial charge in [0.1, 0.15) is 5.82 Å². The van der Waals surface area contributed by atoms with Crippen molar-refractivity contribution in [1.82, 2.24) is 19.3 Å². The van der Waals surface area contributed by atoms with Crippen LogP contribution in [0.25, 0.3) is 44.4 Å². The maximum atomic E-state index is 6.42. The van der Waals surface area contributed by atoms with Gasteiger partial charge in [0.25, 0.3) is 0 Å². The SMILES string of the molecule is Cc1ccnc(-n2c3[c-]c(Oc4[c-]c(-n5nc(C)c(-c6ccccc6)c5C(C)(C)C)ccc4)ccc3c3ccccc32)c1.[Pd+2]. The van der Waals surface area contributed by atoms with Crippen LogP contribution in [0.15, 0.2) is 103 Å². The van der Waals surface area contributed by atoms with Crippen molar-refractivity contribution in [3.05, 3.63) is 132 Å². The molecule has 0 fully saturated rings. The summed E-state index contributed by atoms with van der Waals surface area (Å²) in [5.41, 5.74) is 8.23. The Kier molecular flexibility index (Phi) is 7.75. The van der Waals surface area contributed by atoms with Gasteiger partial charge in [-0.1, -0.05) is 74.8 Å². The number of aryl methyl sites for hydroxylation is 2. The summed E-state index contributed by atoms with van der Waals surface area (Å²) in [4.78, 5) is 4.69. The quantitative estimate of drug-likeness (QED) is 0.136. The molecule has 0 bridgehead atoms. The average Bonchev–Trinajstić information content (AvgIpc) is 3.52. The zero-order valence-electron chi connectivity index (χ0n) is 25.3. The van der Waals surface area contributed by atoms with Crippen LogP contribution < -0.4 is 4.74 Å². The molecule has 0 radical (unpaired) electrons. The Hall–Kier alpha value is -4.50. The second-order valence-corrected chi connectivity index (χ2v) is 12.0. The van der Waals surface area contributed by atoms with Crippen molar-refractivity contribution in [2.24, 2.45) is 0 Å². The number of aromatic nitrogens is 4. The average molecular weight is 667 g/mol. The van der Waals surface area contributed by atoms with Gasteiger partial charge in [-0.05, 0) is 54.2 Å². The van der Waals surface area contributed by atoms with E-state index in [0.717, 1.165) is 61.4 Å². The molecule has 0 spiro atoms. The first-order valence-electron chi connectivity index (χ1n) is 14.5. The summed E-state index contributed by atoms with van der Waals surface area (Å²) in [7, 11) is 0. The van der Waals surface area contributed by atoms with E-state index in [1.807, 2.05) is 47.3 Å². The topological polar surface area (TPSA) is 44.9 Å². The summed E-state index contributed by atoms with van der Waals surface area (Å²) < 4.78 is 10.6. The summed E-state index contributed by atoms with van der Waals surface area (Å²) in [5, 5.41) is 7.25. The molecule has 0 saturated heterocycles. The molecule has 4 aromatic carbocycles. The molecular formula is C38H32N4OPd. The summed E-state index contributed by atoms with van der Waals surface area (Å²) in [6.45, 7) is 10.8. The van der Waals surface area contributed by atoms with Gasteiger partial charge >= 0.3 is 20.4 Å². The first-order valence-corrected chi connectivity index (χ1v) is 14.5. The number of pyridine rings is 1. The molecule has 6 heteroatoms. The van der Waals surface area contributed by atoms with Crippen LogP contribution in [0.2, 0.25) is 0 Å². The molecule has 0 aliphatic heterocycles. The minimum absolute atomic E-state index is 0.